The van der Waals surface area contributed by atoms with Crippen LogP contribution in [0.5, 0.6) is 0 Å². The average Bonchev–Trinajstić information content (AvgIpc) is 3.07. The minimum absolute atomic E-state index is 0.0326. The topological polar surface area (TPSA) is 55.7 Å². The summed E-state index contributed by atoms with van der Waals surface area (Å²) in [5.41, 5.74) is 0.0784. The molecule has 2 aliphatic heterocycles. The molecule has 138 valence electrons. The third-order valence-corrected chi connectivity index (χ3v) is 6.24. The molecular weight excluding hydrogens is 365 g/mol. The average molecular weight is 383 g/mol. The highest BCUT2D eigenvalue weighted by Gasteiger charge is 2.54. The number of halogens is 1. The van der Waals surface area contributed by atoms with Gasteiger partial charge in [-0.2, -0.15) is 0 Å². The summed E-state index contributed by atoms with van der Waals surface area (Å²) in [7, 11) is 0. The normalized spacial score (nSPS) is 26.9. The number of ketones is 1. The first-order valence-corrected chi connectivity index (χ1v) is 9.74. The smallest absolute Gasteiger partial charge is 0.169 e. The van der Waals surface area contributed by atoms with Gasteiger partial charge in [-0.3, -0.25) is 9.79 Å². The Balaban J connectivity index is 1.71. The minimum Gasteiger partial charge on any atom is -0.367 e. The Kier molecular flexibility index (Phi) is 4.93. The van der Waals surface area contributed by atoms with Crippen LogP contribution in [0.25, 0.3) is 0 Å². The van der Waals surface area contributed by atoms with Gasteiger partial charge in [-0.05, 0) is 6.07 Å². The summed E-state index contributed by atoms with van der Waals surface area (Å²) in [4.78, 5) is 28.8. The fourth-order valence-corrected chi connectivity index (χ4v) is 5.04. The molecule has 2 heterocycles. The van der Waals surface area contributed by atoms with Gasteiger partial charge in [0.05, 0.1) is 18.1 Å². The lowest BCUT2D eigenvalue weighted by atomic mass is 9.79. The fourth-order valence-electron chi connectivity index (χ4n) is 3.75. The number of nitrogens with zero attached hydrogens (tertiary/aromatic N) is 1. The third kappa shape index (κ3) is 3.24. The molecule has 27 heavy (non-hydrogen) atoms. The zero-order valence-electron chi connectivity index (χ0n) is 14.5. The van der Waals surface area contributed by atoms with Gasteiger partial charge in [-0.15, -0.1) is 11.8 Å². The lowest BCUT2D eigenvalue weighted by molar-refractivity contribution is -0.116. The van der Waals surface area contributed by atoms with Crippen LogP contribution in [0.3, 0.4) is 0 Å². The molecule has 3 atom stereocenters. The molecule has 0 unspecified atom stereocenters. The minimum atomic E-state index is -0.964. The molecular formula is C21H18FNO3S. The third-order valence-electron chi connectivity index (χ3n) is 5.14. The van der Waals surface area contributed by atoms with E-state index in [1.54, 1.807) is 30.3 Å². The molecule has 0 spiro atoms. The Morgan fingerprint density at radius 2 is 1.96 bits per heavy atom. The van der Waals surface area contributed by atoms with Crippen LogP contribution in [0.2, 0.25) is 0 Å². The Morgan fingerprint density at radius 3 is 2.70 bits per heavy atom. The largest absolute Gasteiger partial charge is 0.367 e. The maximum Gasteiger partial charge on any atom is 0.169 e. The van der Waals surface area contributed by atoms with Crippen molar-refractivity contribution in [1.82, 2.24) is 0 Å². The molecule has 4 rings (SSSR count). The highest BCUT2D eigenvalue weighted by Crippen LogP contribution is 2.48. The first kappa shape index (κ1) is 18.1. The standard InChI is InChI=1S/C21H18FNO3S/c22-17-9-5-4-8-15(17)21-13-26-19(11-24)16(21)12-27-20(23-21)10-18(25)14-6-2-1-3-7-14/h1-9,11,16,19H,10,12-13H2/t16-,19-,21-/m1/s1. The second-order valence-corrected chi connectivity index (χ2v) is 7.80. The van der Waals surface area contributed by atoms with Crippen molar-refractivity contribution in [2.45, 2.75) is 18.1 Å². The summed E-state index contributed by atoms with van der Waals surface area (Å²) in [5, 5.41) is 0.651. The molecule has 0 aliphatic carbocycles. The molecule has 0 saturated carbocycles. The molecule has 1 fully saturated rings. The summed E-state index contributed by atoms with van der Waals surface area (Å²) >= 11 is 1.45. The van der Waals surface area contributed by atoms with Crippen LogP contribution in [0, 0.1) is 11.7 Å². The van der Waals surface area contributed by atoms with Gasteiger partial charge in [0.25, 0.3) is 0 Å². The summed E-state index contributed by atoms with van der Waals surface area (Å²) in [5.74, 6) is -0.108. The highest BCUT2D eigenvalue weighted by atomic mass is 32.2. The molecule has 0 bridgehead atoms. The predicted molar refractivity (Wildman–Crippen MR) is 103 cm³/mol. The number of carbonyl (C=O) groups excluding carboxylic acids is 2. The second-order valence-electron chi connectivity index (χ2n) is 6.70. The van der Waals surface area contributed by atoms with Crippen LogP contribution in [0.4, 0.5) is 4.39 Å². The van der Waals surface area contributed by atoms with Gasteiger partial charge < -0.3 is 9.53 Å². The molecule has 6 heteroatoms. The fraction of sp³-hybridized carbons (Fsp3) is 0.286. The van der Waals surface area contributed by atoms with Crippen LogP contribution in [-0.2, 0) is 15.1 Å². The Hall–Kier alpha value is -2.31. The van der Waals surface area contributed by atoms with Crippen molar-refractivity contribution in [2.24, 2.45) is 10.9 Å². The van der Waals surface area contributed by atoms with Crippen molar-refractivity contribution in [1.29, 1.82) is 0 Å². The van der Waals surface area contributed by atoms with Crippen molar-refractivity contribution in [3.8, 4) is 0 Å². The van der Waals surface area contributed by atoms with Crippen molar-refractivity contribution in [3.63, 3.8) is 0 Å². The van der Waals surface area contributed by atoms with Crippen molar-refractivity contribution < 1.29 is 18.7 Å². The molecule has 2 aromatic rings. The predicted octanol–water partition coefficient (Wildman–Crippen LogP) is 3.65. The molecule has 0 radical (unpaired) electrons. The summed E-state index contributed by atoms with van der Waals surface area (Å²) < 4.78 is 20.3. The molecule has 0 amide bonds. The molecule has 1 saturated heterocycles. The number of carbonyl (C=O) groups is 2. The Morgan fingerprint density at radius 1 is 1.22 bits per heavy atom. The Labute approximate surface area is 160 Å². The van der Waals surface area contributed by atoms with Gasteiger partial charge in [0, 0.05) is 22.8 Å². The molecule has 4 nitrogen and oxygen atoms in total. The van der Waals surface area contributed by atoms with E-state index in [2.05, 4.69) is 0 Å². The molecule has 0 aromatic heterocycles. The quantitative estimate of drug-likeness (QED) is 0.584. The first-order valence-electron chi connectivity index (χ1n) is 8.76. The van der Waals surface area contributed by atoms with Crippen LogP contribution in [0.15, 0.2) is 59.6 Å². The SMILES string of the molecule is O=C[C@H]1OC[C@]2(c3ccccc3F)N=C(CC(=O)c3ccccc3)SC[C@H]12. The van der Waals surface area contributed by atoms with Gasteiger partial charge in [-0.25, -0.2) is 4.39 Å². The first-order chi connectivity index (χ1) is 13.1. The molecule has 2 aliphatic rings. The van der Waals surface area contributed by atoms with E-state index in [1.807, 2.05) is 18.2 Å². The summed E-state index contributed by atoms with van der Waals surface area (Å²) in [6.07, 6.45) is 0.305. The zero-order chi connectivity index (χ0) is 18.9. The number of ether oxygens (including phenoxy) is 1. The highest BCUT2D eigenvalue weighted by molar-refractivity contribution is 8.14. The van der Waals surface area contributed by atoms with E-state index >= 15 is 0 Å². The zero-order valence-corrected chi connectivity index (χ0v) is 15.3. The van der Waals surface area contributed by atoms with Crippen LogP contribution in [-0.4, -0.2) is 35.6 Å². The molecule has 2 aromatic carbocycles. The Bertz CT molecular complexity index is 901. The van der Waals surface area contributed by atoms with Crippen LogP contribution >= 0.6 is 11.8 Å². The van der Waals surface area contributed by atoms with Gasteiger partial charge in [0.1, 0.15) is 23.7 Å². The number of fused-ring (bicyclic) bond motifs is 1. The van der Waals surface area contributed by atoms with E-state index in [4.69, 9.17) is 9.73 Å². The van der Waals surface area contributed by atoms with Gasteiger partial charge >= 0.3 is 0 Å². The van der Waals surface area contributed by atoms with Crippen LogP contribution < -0.4 is 0 Å². The summed E-state index contributed by atoms with van der Waals surface area (Å²) in [6, 6.07) is 15.5. The van der Waals surface area contributed by atoms with Gasteiger partial charge in [-0.1, -0.05) is 48.5 Å². The number of rotatable bonds is 5. The van der Waals surface area contributed by atoms with E-state index in [0.717, 1.165) is 6.29 Å². The number of hydrogen-bond donors (Lipinski definition) is 0. The van der Waals surface area contributed by atoms with Gasteiger partial charge in [0.2, 0.25) is 0 Å². The van der Waals surface area contributed by atoms with Crippen molar-refractivity contribution >= 4 is 28.9 Å². The number of Topliss-reactive ketones (excluding diaryl/α,β-unsaturated/α-hetero) is 1. The number of thioether (sulfide) groups is 1. The van der Waals surface area contributed by atoms with Crippen molar-refractivity contribution in [3.05, 3.63) is 71.5 Å². The van der Waals surface area contributed by atoms with E-state index in [0.29, 0.717) is 21.9 Å². The number of hydrogen-bond acceptors (Lipinski definition) is 5. The van der Waals surface area contributed by atoms with E-state index in [9.17, 15) is 14.0 Å². The van der Waals surface area contributed by atoms with E-state index in [1.165, 1.54) is 17.8 Å². The van der Waals surface area contributed by atoms with Gasteiger partial charge in [0.15, 0.2) is 5.78 Å². The maximum absolute atomic E-state index is 14.6. The van der Waals surface area contributed by atoms with Crippen LogP contribution in [0.1, 0.15) is 22.3 Å². The second kappa shape index (κ2) is 7.37. The molecule has 0 N–H and O–H groups in total. The maximum atomic E-state index is 14.6. The monoisotopic (exact) mass is 383 g/mol. The van der Waals surface area contributed by atoms with E-state index < -0.39 is 11.6 Å². The number of aldehydes is 1. The number of benzene rings is 2. The van der Waals surface area contributed by atoms with E-state index in [-0.39, 0.29) is 30.5 Å². The van der Waals surface area contributed by atoms with Crippen molar-refractivity contribution in [2.75, 3.05) is 12.4 Å². The summed E-state index contributed by atoms with van der Waals surface area (Å²) in [6.45, 7) is 0.131. The number of aliphatic imine (C=N–C) groups is 1. The lowest BCUT2D eigenvalue weighted by Crippen LogP contribution is -2.41. The lowest BCUT2D eigenvalue weighted by Gasteiger charge is -2.36.